The number of rotatable bonds is 29. The third-order valence-electron chi connectivity index (χ3n) is 15.3. The second-order valence-electron chi connectivity index (χ2n) is 22.3. The summed E-state index contributed by atoms with van der Waals surface area (Å²) in [5.41, 5.74) is 30.8. The molecule has 0 aliphatic rings. The Morgan fingerprint density at radius 3 is 1.01 bits per heavy atom. The normalized spacial score (nSPS) is 13.6. The standard InChI is InChI=1S/C54H66N30O13/c1-23-8-79(52(95)76-43(23)86)12-28(47(90)70-27(39(60)85)6-4-5-7-55)72-48(91)29(13-80-9-24(2)44(87)77-53(80)96)74-51(94)32(16-84-22-69-35-38(59)63-19-66-42(35)84)75-49(92)30(14-81-10-25(3)45(88)78-54(81)97)73-50(93)31(15-83-21-68-34-37(58)62-18-65-41(34)83)71-46(89)26(56)11-82-20-67-33-36(57)61-17-64-40(33)82/h8-10,17-22,26-32H,4-7,11-16,55-56H2,1-3H3,(H2,60,85)(H,70,90)(H,71,89)(H,72,91)(H,73,93)(H,74,94)(H,75,92)(H2,57,61,64)(H2,58,62,65)(H2,59,63,66)(H,76,86,95)(H,77,87,96)(H,78,88,97)/t26-,27-,28-,29-,30-,31-,32-/m1/s1. The molecule has 7 amide bonds. The van der Waals surface area contributed by atoms with E-state index in [4.69, 9.17) is 34.4 Å². The summed E-state index contributed by atoms with van der Waals surface area (Å²) in [4.78, 5) is 224. The number of nitrogens with one attached hydrogen (secondary N) is 9. The number of hydrogen-bond donors (Lipinski definition) is 15. The number of aryl methyl sites for hydroxylation is 3. The van der Waals surface area contributed by atoms with E-state index in [1.165, 1.54) is 53.5 Å². The predicted octanol–water partition coefficient (Wildman–Crippen LogP) is -9.32. The van der Waals surface area contributed by atoms with Crippen molar-refractivity contribution < 1.29 is 33.6 Å². The SMILES string of the molecule is Cc1cn(C[C@@H](NC(=O)[C@@H](Cn2cc(C)c(=O)[nH]c2=O)NC(=O)[C@@H](Cn2cnc3c(N)ncnc32)NC(=O)[C@@H](Cn2cc(C)c(=O)[nH]c2=O)NC(=O)[C@@H](Cn2cnc3c(N)ncnc32)NC(=O)[C@H](N)Cn2cnc3c(N)ncnc32)C(=O)N[C@H](CCCCN)C(N)=O)c(=O)[nH]c1=O. The molecular formula is C54H66N30O13. The maximum atomic E-state index is 15.4. The molecule has 9 aromatic rings. The Hall–Kier alpha value is -12.7. The molecule has 9 heterocycles. The van der Waals surface area contributed by atoms with Gasteiger partial charge in [0.2, 0.25) is 41.4 Å². The number of nitrogens with two attached hydrogens (primary N) is 6. The smallest absolute Gasteiger partial charge is 0.328 e. The molecule has 0 saturated carbocycles. The molecule has 510 valence electrons. The predicted molar refractivity (Wildman–Crippen MR) is 339 cm³/mol. The quantitative estimate of drug-likeness (QED) is 0.0194. The van der Waals surface area contributed by atoms with Gasteiger partial charge in [-0.05, 0) is 46.6 Å². The van der Waals surface area contributed by atoms with Gasteiger partial charge in [-0.1, -0.05) is 0 Å². The van der Waals surface area contributed by atoms with Crippen LogP contribution in [0.1, 0.15) is 36.0 Å². The van der Waals surface area contributed by atoms with E-state index in [0.29, 0.717) is 12.8 Å². The molecular weight excluding hydrogens is 1280 g/mol. The summed E-state index contributed by atoms with van der Waals surface area (Å²) >= 11 is 0. The number of imidazole rings is 3. The Balaban J connectivity index is 1.09. The van der Waals surface area contributed by atoms with E-state index in [2.05, 4.69) is 91.7 Å². The third-order valence-corrected chi connectivity index (χ3v) is 15.3. The minimum Gasteiger partial charge on any atom is -0.382 e. The lowest BCUT2D eigenvalue weighted by Crippen LogP contribution is -2.62. The van der Waals surface area contributed by atoms with Crippen LogP contribution in [0.4, 0.5) is 17.5 Å². The fourth-order valence-corrected chi connectivity index (χ4v) is 10.0. The number of nitrogen functional groups attached to an aromatic ring is 3. The van der Waals surface area contributed by atoms with Gasteiger partial charge in [-0.25, -0.2) is 59.2 Å². The molecule has 7 atom stereocenters. The van der Waals surface area contributed by atoms with E-state index in [-0.39, 0.29) is 87.1 Å². The number of carbonyl (C=O) groups is 7. The average Bonchev–Trinajstić information content (AvgIpc) is 1.75. The summed E-state index contributed by atoms with van der Waals surface area (Å²) in [6.45, 7) is 0.274. The van der Waals surface area contributed by atoms with Crippen molar-refractivity contribution in [2.24, 2.45) is 17.2 Å². The first kappa shape index (κ1) is 68.7. The van der Waals surface area contributed by atoms with E-state index in [1.54, 1.807) is 0 Å². The lowest BCUT2D eigenvalue weighted by molar-refractivity contribution is -0.136. The summed E-state index contributed by atoms with van der Waals surface area (Å²) in [6, 6.07) is -12.5. The molecule has 0 unspecified atom stereocenters. The molecule has 97 heavy (non-hydrogen) atoms. The fourth-order valence-electron chi connectivity index (χ4n) is 10.0. The number of H-pyrrole nitrogens is 3. The zero-order valence-electron chi connectivity index (χ0n) is 51.8. The highest BCUT2D eigenvalue weighted by atomic mass is 16.2. The van der Waals surface area contributed by atoms with Crippen molar-refractivity contribution >= 4 is 92.3 Å². The van der Waals surface area contributed by atoms with Crippen molar-refractivity contribution in [1.29, 1.82) is 0 Å². The number of anilines is 3. The molecule has 0 aliphatic carbocycles. The zero-order valence-corrected chi connectivity index (χ0v) is 51.8. The van der Waals surface area contributed by atoms with Crippen LogP contribution in [-0.4, -0.2) is 177 Å². The van der Waals surface area contributed by atoms with Crippen molar-refractivity contribution in [2.45, 2.75) is 122 Å². The molecule has 21 N–H and O–H groups in total. The number of aromatic nitrogens is 18. The number of fused-ring (bicyclic) bond motifs is 3. The highest BCUT2D eigenvalue weighted by Crippen LogP contribution is 2.18. The second kappa shape index (κ2) is 29.5. The van der Waals surface area contributed by atoms with E-state index in [1.807, 2.05) is 0 Å². The first-order valence-electron chi connectivity index (χ1n) is 29.4. The number of carbonyl (C=O) groups excluding carboxylic acids is 7. The van der Waals surface area contributed by atoms with Gasteiger partial charge in [0.25, 0.3) is 16.7 Å². The van der Waals surface area contributed by atoms with E-state index < -0.39 is 150 Å². The number of primary amides is 1. The summed E-state index contributed by atoms with van der Waals surface area (Å²) in [5, 5.41) is 15.0. The number of unbranched alkanes of at least 4 members (excludes halogenated alkanes) is 1. The molecule has 9 rings (SSSR count). The van der Waals surface area contributed by atoms with Crippen molar-refractivity contribution in [3.63, 3.8) is 0 Å². The monoisotopic (exact) mass is 1340 g/mol. The van der Waals surface area contributed by atoms with Gasteiger partial charge in [0.1, 0.15) is 77.8 Å². The van der Waals surface area contributed by atoms with Crippen LogP contribution in [0.15, 0.2) is 85.3 Å². The van der Waals surface area contributed by atoms with Crippen LogP contribution in [0.5, 0.6) is 0 Å². The van der Waals surface area contributed by atoms with Gasteiger partial charge in [-0.3, -0.25) is 76.6 Å². The van der Waals surface area contributed by atoms with Gasteiger partial charge in [0, 0.05) is 41.8 Å². The van der Waals surface area contributed by atoms with Gasteiger partial charge in [-0.2, -0.15) is 0 Å². The van der Waals surface area contributed by atoms with Gasteiger partial charge in [0.05, 0.1) is 51.7 Å². The van der Waals surface area contributed by atoms with E-state index >= 15 is 19.2 Å². The zero-order chi connectivity index (χ0) is 70.1. The number of amides is 7. The van der Waals surface area contributed by atoms with Crippen molar-refractivity contribution in [3.05, 3.63) is 136 Å². The van der Waals surface area contributed by atoms with Crippen LogP contribution in [0.25, 0.3) is 33.5 Å². The van der Waals surface area contributed by atoms with Crippen LogP contribution in [0, 0.1) is 20.8 Å². The Bertz CT molecular complexity index is 4900. The molecule has 0 aliphatic heterocycles. The molecule has 0 spiro atoms. The lowest BCUT2D eigenvalue weighted by Gasteiger charge is -2.28. The van der Waals surface area contributed by atoms with Gasteiger partial charge in [0.15, 0.2) is 34.4 Å². The van der Waals surface area contributed by atoms with Crippen LogP contribution < -0.4 is 100 Å². The topological polar surface area (TPSA) is 643 Å². The summed E-state index contributed by atoms with van der Waals surface area (Å²) < 4.78 is 6.49. The Kier molecular flexibility index (Phi) is 20.9. The average molecular weight is 1340 g/mol. The summed E-state index contributed by atoms with van der Waals surface area (Å²) in [6.07, 6.45) is 10.9. The molecule has 0 fully saturated rings. The van der Waals surface area contributed by atoms with Crippen LogP contribution in [0.2, 0.25) is 0 Å². The molecule has 0 bridgehead atoms. The molecule has 43 nitrogen and oxygen atoms in total. The number of nitrogens with zero attached hydrogens (tertiary/aromatic N) is 15. The highest BCUT2D eigenvalue weighted by Gasteiger charge is 2.36. The first-order chi connectivity index (χ1) is 46.2. The van der Waals surface area contributed by atoms with Gasteiger partial charge < -0.3 is 80.0 Å². The highest BCUT2D eigenvalue weighted by molar-refractivity contribution is 5.97. The van der Waals surface area contributed by atoms with E-state index in [0.717, 1.165) is 51.3 Å². The molecule has 43 heteroatoms. The molecule has 9 aromatic heterocycles. The van der Waals surface area contributed by atoms with Crippen LogP contribution in [0.3, 0.4) is 0 Å². The Morgan fingerprint density at radius 1 is 0.412 bits per heavy atom. The lowest BCUT2D eigenvalue weighted by atomic mass is 10.1. The van der Waals surface area contributed by atoms with Crippen LogP contribution in [-0.2, 0) is 72.8 Å². The summed E-state index contributed by atoms with van der Waals surface area (Å²) in [7, 11) is 0. The molecule has 0 radical (unpaired) electrons. The van der Waals surface area contributed by atoms with E-state index in [9.17, 15) is 43.2 Å². The van der Waals surface area contributed by atoms with Crippen LogP contribution >= 0.6 is 0 Å². The van der Waals surface area contributed by atoms with Crippen molar-refractivity contribution in [3.8, 4) is 0 Å². The third kappa shape index (κ3) is 16.0. The minimum absolute atomic E-state index is 0.00805. The summed E-state index contributed by atoms with van der Waals surface area (Å²) in [5.74, 6) is -8.22. The fraction of sp³-hybridized carbons (Fsp3) is 0.370. The number of aromatic amines is 3. The maximum absolute atomic E-state index is 15.4. The molecule has 0 saturated heterocycles. The minimum atomic E-state index is -2.04. The second-order valence-corrected chi connectivity index (χ2v) is 22.3. The van der Waals surface area contributed by atoms with Crippen molar-refractivity contribution in [1.82, 2.24) is 119 Å². The Morgan fingerprint density at radius 2 is 0.701 bits per heavy atom. The number of hydrogen-bond acceptors (Lipinski definition) is 27. The maximum Gasteiger partial charge on any atom is 0.328 e. The first-order valence-corrected chi connectivity index (χ1v) is 29.4. The van der Waals surface area contributed by atoms with Crippen molar-refractivity contribution in [2.75, 3.05) is 23.7 Å². The van der Waals surface area contributed by atoms with Gasteiger partial charge in [-0.15, -0.1) is 0 Å². The largest absolute Gasteiger partial charge is 0.382 e. The van der Waals surface area contributed by atoms with Gasteiger partial charge >= 0.3 is 17.1 Å². The Labute approximate surface area is 541 Å². The molecule has 0 aromatic carbocycles.